The zero-order valence-corrected chi connectivity index (χ0v) is 14.3. The van der Waals surface area contributed by atoms with Crippen molar-refractivity contribution in [3.8, 4) is 12.3 Å². The Labute approximate surface area is 134 Å². The molecule has 4 N–H and O–H groups in total. The van der Waals surface area contributed by atoms with Crippen molar-refractivity contribution in [2.24, 2.45) is 16.5 Å². The van der Waals surface area contributed by atoms with Gasteiger partial charge < -0.3 is 11.5 Å². The van der Waals surface area contributed by atoms with Crippen molar-refractivity contribution in [1.82, 2.24) is 0 Å². The Morgan fingerprint density at radius 2 is 1.82 bits per heavy atom. The number of aliphatic imine (C=N–C) groups is 1. The van der Waals surface area contributed by atoms with Crippen LogP contribution in [-0.2, 0) is 4.79 Å². The van der Waals surface area contributed by atoms with Crippen LogP contribution in [0.15, 0.2) is 39.2 Å². The van der Waals surface area contributed by atoms with Gasteiger partial charge in [-0.3, -0.25) is 9.79 Å². The van der Waals surface area contributed by atoms with E-state index in [-0.39, 0.29) is 5.71 Å². The predicted octanol–water partition coefficient (Wildman–Crippen LogP) is 3.21. The lowest BCUT2D eigenvalue weighted by Crippen LogP contribution is -2.20. The molecular formula is C18H27N3O. The summed E-state index contributed by atoms with van der Waals surface area (Å²) in [5, 5.41) is 0. The Balaban J connectivity index is 6.31. The molecule has 0 unspecified atom stereocenters. The minimum atomic E-state index is -0.562. The van der Waals surface area contributed by atoms with Crippen LogP contribution in [-0.4, -0.2) is 11.6 Å². The first-order valence-corrected chi connectivity index (χ1v) is 7.48. The number of hydrogen-bond acceptors (Lipinski definition) is 3. The second-order valence-corrected chi connectivity index (χ2v) is 5.12. The quantitative estimate of drug-likeness (QED) is 0.430. The van der Waals surface area contributed by atoms with E-state index in [0.29, 0.717) is 22.5 Å². The van der Waals surface area contributed by atoms with Gasteiger partial charge in [0.2, 0.25) is 0 Å². The number of primary amides is 1. The Morgan fingerprint density at radius 1 is 1.23 bits per heavy atom. The van der Waals surface area contributed by atoms with Gasteiger partial charge in [0.15, 0.2) is 0 Å². The summed E-state index contributed by atoms with van der Waals surface area (Å²) < 4.78 is 0. The molecule has 1 amide bonds. The van der Waals surface area contributed by atoms with Crippen LogP contribution < -0.4 is 11.5 Å². The van der Waals surface area contributed by atoms with Gasteiger partial charge in [0.25, 0.3) is 5.91 Å². The number of unbranched alkanes of at least 4 members (excludes halogenated alkanes) is 1. The Hall–Kier alpha value is -2.28. The van der Waals surface area contributed by atoms with E-state index in [1.54, 1.807) is 13.8 Å². The Kier molecular flexibility index (Phi) is 8.62. The average Bonchev–Trinajstić information content (AvgIpc) is 2.49. The van der Waals surface area contributed by atoms with Gasteiger partial charge in [-0.05, 0) is 39.2 Å². The molecule has 4 nitrogen and oxygen atoms in total. The maximum absolute atomic E-state index is 11.2. The summed E-state index contributed by atoms with van der Waals surface area (Å²) in [4.78, 5) is 15.5. The second-order valence-electron chi connectivity index (χ2n) is 5.12. The molecule has 0 fully saturated rings. The molecule has 0 rings (SSSR count). The topological polar surface area (TPSA) is 81.5 Å². The lowest BCUT2D eigenvalue weighted by molar-refractivity contribution is -0.112. The number of hydrogen-bond donors (Lipinski definition) is 2. The third-order valence-corrected chi connectivity index (χ3v) is 3.38. The fraction of sp³-hybridized carbons (Fsp3) is 0.444. The van der Waals surface area contributed by atoms with Crippen LogP contribution in [0.3, 0.4) is 0 Å². The highest BCUT2D eigenvalue weighted by molar-refractivity contribution is 6.37. The summed E-state index contributed by atoms with van der Waals surface area (Å²) in [6.07, 6.45) is 10.3. The van der Waals surface area contributed by atoms with E-state index >= 15 is 0 Å². The Morgan fingerprint density at radius 3 is 2.23 bits per heavy atom. The summed E-state index contributed by atoms with van der Waals surface area (Å²) in [5.74, 6) is 2.12. The summed E-state index contributed by atoms with van der Waals surface area (Å²) in [7, 11) is 0. The molecular weight excluding hydrogens is 274 g/mol. The van der Waals surface area contributed by atoms with Crippen LogP contribution in [0.5, 0.6) is 0 Å². The normalized spacial score (nSPS) is 14.9. The van der Waals surface area contributed by atoms with Gasteiger partial charge in [-0.15, -0.1) is 6.42 Å². The molecule has 4 heteroatoms. The van der Waals surface area contributed by atoms with Crippen molar-refractivity contribution in [3.63, 3.8) is 0 Å². The predicted molar refractivity (Wildman–Crippen MR) is 94.0 cm³/mol. The van der Waals surface area contributed by atoms with Crippen molar-refractivity contribution >= 4 is 11.6 Å². The maximum atomic E-state index is 11.2. The summed E-state index contributed by atoms with van der Waals surface area (Å²) in [6, 6.07) is 0. The molecule has 0 heterocycles. The van der Waals surface area contributed by atoms with Gasteiger partial charge in [-0.1, -0.05) is 32.3 Å². The van der Waals surface area contributed by atoms with E-state index in [1.165, 1.54) is 0 Å². The van der Waals surface area contributed by atoms with E-state index in [9.17, 15) is 4.79 Å². The standard InChI is InChI=1S/C18H27N3O/c1-7-10-11-15(9-3)16(17(19)12(4)8-2)13(5)21-14(6)18(20)22/h3,11H,7-8,10,19H2,1-2,4-6H3,(H2,20,22)/b15-11-,16-13-,17-12-,21-14?. The van der Waals surface area contributed by atoms with E-state index in [2.05, 4.69) is 17.8 Å². The molecule has 0 saturated heterocycles. The van der Waals surface area contributed by atoms with E-state index < -0.39 is 5.91 Å². The zero-order chi connectivity index (χ0) is 17.3. The number of carbonyl (C=O) groups is 1. The first-order valence-electron chi connectivity index (χ1n) is 7.48. The molecule has 0 radical (unpaired) electrons. The molecule has 22 heavy (non-hydrogen) atoms. The van der Waals surface area contributed by atoms with Crippen LogP contribution in [0.4, 0.5) is 0 Å². The number of amides is 1. The molecule has 0 saturated carbocycles. The molecule has 0 aromatic rings. The number of terminal acetylenes is 1. The molecule has 0 bridgehead atoms. The van der Waals surface area contributed by atoms with Crippen LogP contribution in [0.2, 0.25) is 0 Å². The molecule has 0 aromatic heterocycles. The molecule has 0 aromatic carbocycles. The molecule has 0 spiro atoms. The lowest BCUT2D eigenvalue weighted by Gasteiger charge is -2.14. The summed E-state index contributed by atoms with van der Waals surface area (Å²) in [6.45, 7) is 9.42. The second kappa shape index (κ2) is 9.62. The maximum Gasteiger partial charge on any atom is 0.262 e. The Bertz CT molecular complexity index is 584. The highest BCUT2D eigenvalue weighted by Gasteiger charge is 2.13. The average molecular weight is 301 g/mol. The third-order valence-electron chi connectivity index (χ3n) is 3.38. The molecule has 0 aliphatic carbocycles. The van der Waals surface area contributed by atoms with Gasteiger partial charge in [0.05, 0.1) is 0 Å². The molecule has 0 atom stereocenters. The van der Waals surface area contributed by atoms with Crippen molar-refractivity contribution in [3.05, 3.63) is 34.2 Å². The summed E-state index contributed by atoms with van der Waals surface area (Å²) >= 11 is 0. The molecule has 0 aliphatic heterocycles. The highest BCUT2D eigenvalue weighted by atomic mass is 16.1. The first-order chi connectivity index (χ1) is 10.3. The molecule has 0 aliphatic rings. The number of allylic oxidation sites excluding steroid dienone is 4. The van der Waals surface area contributed by atoms with E-state index in [1.807, 2.05) is 19.9 Å². The van der Waals surface area contributed by atoms with Gasteiger partial charge >= 0.3 is 0 Å². The van der Waals surface area contributed by atoms with Crippen molar-refractivity contribution in [2.45, 2.75) is 53.9 Å². The van der Waals surface area contributed by atoms with Crippen LogP contribution in [0.25, 0.3) is 0 Å². The minimum absolute atomic E-state index is 0.226. The fourth-order valence-electron chi connectivity index (χ4n) is 1.82. The summed E-state index contributed by atoms with van der Waals surface area (Å²) in [5.41, 5.74) is 15.4. The SMILES string of the molecule is C#CC(=C/CCC)/C(=C(\C)N=C(C)C(N)=O)C(/N)=C(\C)CC. The lowest BCUT2D eigenvalue weighted by atomic mass is 9.96. The van der Waals surface area contributed by atoms with Crippen molar-refractivity contribution < 1.29 is 4.79 Å². The van der Waals surface area contributed by atoms with E-state index in [0.717, 1.165) is 24.8 Å². The van der Waals surface area contributed by atoms with Gasteiger partial charge in [-0.25, -0.2) is 0 Å². The number of nitrogens with two attached hydrogens (primary N) is 2. The molecule has 120 valence electrons. The largest absolute Gasteiger partial charge is 0.398 e. The zero-order valence-electron chi connectivity index (χ0n) is 14.3. The van der Waals surface area contributed by atoms with Crippen LogP contribution in [0.1, 0.15) is 53.9 Å². The van der Waals surface area contributed by atoms with E-state index in [4.69, 9.17) is 17.9 Å². The van der Waals surface area contributed by atoms with Crippen molar-refractivity contribution in [1.29, 1.82) is 0 Å². The van der Waals surface area contributed by atoms with Crippen LogP contribution >= 0.6 is 0 Å². The van der Waals surface area contributed by atoms with Crippen LogP contribution in [0, 0.1) is 12.3 Å². The minimum Gasteiger partial charge on any atom is -0.398 e. The smallest absolute Gasteiger partial charge is 0.262 e. The van der Waals surface area contributed by atoms with Crippen molar-refractivity contribution in [2.75, 3.05) is 0 Å². The fourth-order valence-corrected chi connectivity index (χ4v) is 1.82. The van der Waals surface area contributed by atoms with Gasteiger partial charge in [0, 0.05) is 22.5 Å². The van der Waals surface area contributed by atoms with Gasteiger partial charge in [0.1, 0.15) is 5.71 Å². The first kappa shape index (κ1) is 19.7. The number of nitrogens with zero attached hydrogens (tertiary/aromatic N) is 1. The van der Waals surface area contributed by atoms with Gasteiger partial charge in [-0.2, -0.15) is 0 Å². The third kappa shape index (κ3) is 5.61. The number of rotatable bonds is 7. The highest BCUT2D eigenvalue weighted by Crippen LogP contribution is 2.25. The monoisotopic (exact) mass is 301 g/mol. The number of carbonyl (C=O) groups excluding carboxylic acids is 1.